The van der Waals surface area contributed by atoms with Crippen molar-refractivity contribution in [3.63, 3.8) is 0 Å². The third kappa shape index (κ3) is 3.91. The molecule has 160 valence electrons. The summed E-state index contributed by atoms with van der Waals surface area (Å²) in [5.74, 6) is 0.720. The summed E-state index contributed by atoms with van der Waals surface area (Å²) in [6.45, 7) is 3.06. The van der Waals surface area contributed by atoms with Gasteiger partial charge >= 0.3 is 0 Å². The number of hydrogen-bond acceptors (Lipinski definition) is 4. The van der Waals surface area contributed by atoms with Gasteiger partial charge in [0.05, 0.1) is 18.4 Å². The molecule has 0 spiro atoms. The summed E-state index contributed by atoms with van der Waals surface area (Å²) in [6.07, 6.45) is 4.91. The van der Waals surface area contributed by atoms with E-state index < -0.39 is 0 Å². The number of likely N-dealkylation sites (tertiary alicyclic amines) is 1. The predicted octanol–water partition coefficient (Wildman–Crippen LogP) is 1.57. The minimum atomic E-state index is -0.343. The molecule has 2 amide bonds. The third-order valence-corrected chi connectivity index (χ3v) is 6.10. The van der Waals surface area contributed by atoms with E-state index in [-0.39, 0.29) is 47.4 Å². The van der Waals surface area contributed by atoms with Gasteiger partial charge in [-0.25, -0.2) is 4.39 Å². The summed E-state index contributed by atoms with van der Waals surface area (Å²) >= 11 is 0. The highest BCUT2D eigenvalue weighted by Crippen LogP contribution is 2.52. The van der Waals surface area contributed by atoms with Gasteiger partial charge in [0.15, 0.2) is 5.96 Å². The van der Waals surface area contributed by atoms with Crippen molar-refractivity contribution >= 4 is 17.8 Å². The van der Waals surface area contributed by atoms with E-state index in [1.165, 1.54) is 17.0 Å². The first-order chi connectivity index (χ1) is 14.5. The lowest BCUT2D eigenvalue weighted by atomic mass is 9.85. The number of ether oxygens (including phenoxy) is 1. The minimum absolute atomic E-state index is 0.0382. The molecule has 8 heteroatoms. The summed E-state index contributed by atoms with van der Waals surface area (Å²) in [5.41, 5.74) is 0. The van der Waals surface area contributed by atoms with Crippen LogP contribution in [-0.4, -0.2) is 55.5 Å². The van der Waals surface area contributed by atoms with Crippen LogP contribution in [0.3, 0.4) is 0 Å². The zero-order valence-corrected chi connectivity index (χ0v) is 17.2. The molecule has 2 bridgehead atoms. The number of amides is 2. The van der Waals surface area contributed by atoms with Crippen LogP contribution in [0.25, 0.3) is 0 Å². The molecule has 4 rings (SSSR count). The first kappa shape index (κ1) is 20.4. The Morgan fingerprint density at radius 3 is 2.57 bits per heavy atom. The number of hydrogen-bond donors (Lipinski definition) is 2. The number of fused-ring (bicyclic) bond motifs is 5. The molecule has 30 heavy (non-hydrogen) atoms. The predicted molar refractivity (Wildman–Crippen MR) is 110 cm³/mol. The standard InChI is InChI=1S/C22H27FN4O3/c1-13(30-17-5-3-4-16(23)11-17)12-26-22(24-2)25-8-9-27-20(28)18-14-6-7-15(10-14)19(18)21(27)29/h3-7,11,13-15,18-19H,8-10,12H2,1-2H3,(H2,24,25,26). The van der Waals surface area contributed by atoms with Crippen molar-refractivity contribution in [1.82, 2.24) is 15.5 Å². The highest BCUT2D eigenvalue weighted by molar-refractivity contribution is 6.06. The number of aliphatic imine (C=N–C) groups is 1. The highest BCUT2D eigenvalue weighted by Gasteiger charge is 2.58. The number of nitrogens with zero attached hydrogens (tertiary/aromatic N) is 2. The number of imide groups is 1. The summed E-state index contributed by atoms with van der Waals surface area (Å²) < 4.78 is 18.9. The summed E-state index contributed by atoms with van der Waals surface area (Å²) in [6, 6.07) is 6.01. The van der Waals surface area contributed by atoms with Gasteiger partial charge in [0.2, 0.25) is 11.8 Å². The van der Waals surface area contributed by atoms with Gasteiger partial charge in [-0.05, 0) is 37.3 Å². The van der Waals surface area contributed by atoms with E-state index in [2.05, 4.69) is 27.8 Å². The van der Waals surface area contributed by atoms with E-state index in [9.17, 15) is 14.0 Å². The van der Waals surface area contributed by atoms with Gasteiger partial charge in [0.1, 0.15) is 17.7 Å². The van der Waals surface area contributed by atoms with Crippen LogP contribution in [0.15, 0.2) is 41.4 Å². The smallest absolute Gasteiger partial charge is 0.233 e. The Morgan fingerprint density at radius 1 is 1.23 bits per heavy atom. The largest absolute Gasteiger partial charge is 0.489 e. The number of rotatable bonds is 7. The Bertz CT molecular complexity index is 857. The Morgan fingerprint density at radius 2 is 1.93 bits per heavy atom. The van der Waals surface area contributed by atoms with Crippen molar-refractivity contribution in [2.24, 2.45) is 28.7 Å². The van der Waals surface area contributed by atoms with Crippen LogP contribution >= 0.6 is 0 Å². The van der Waals surface area contributed by atoms with Crippen molar-refractivity contribution in [3.05, 3.63) is 42.2 Å². The Hall–Kier alpha value is -2.90. The van der Waals surface area contributed by atoms with E-state index in [0.29, 0.717) is 31.3 Å². The maximum absolute atomic E-state index is 13.2. The van der Waals surface area contributed by atoms with Gasteiger partial charge in [0, 0.05) is 26.2 Å². The normalized spacial score (nSPS) is 28.1. The monoisotopic (exact) mass is 414 g/mol. The van der Waals surface area contributed by atoms with Crippen LogP contribution in [0, 0.1) is 29.5 Å². The Balaban J connectivity index is 1.22. The van der Waals surface area contributed by atoms with Crippen LogP contribution in [-0.2, 0) is 9.59 Å². The molecule has 5 unspecified atom stereocenters. The van der Waals surface area contributed by atoms with Crippen LogP contribution in [0.4, 0.5) is 4.39 Å². The van der Waals surface area contributed by atoms with E-state index in [0.717, 1.165) is 6.42 Å². The summed E-state index contributed by atoms with van der Waals surface area (Å²) in [7, 11) is 1.65. The molecule has 2 fully saturated rings. The lowest BCUT2D eigenvalue weighted by molar-refractivity contribution is -0.140. The molecule has 1 aromatic rings. The number of nitrogens with one attached hydrogen (secondary N) is 2. The minimum Gasteiger partial charge on any atom is -0.489 e. The summed E-state index contributed by atoms with van der Waals surface area (Å²) in [4.78, 5) is 31.0. The van der Waals surface area contributed by atoms with Gasteiger partial charge in [-0.2, -0.15) is 0 Å². The molecule has 1 aromatic carbocycles. The highest BCUT2D eigenvalue weighted by atomic mass is 19.1. The van der Waals surface area contributed by atoms with Gasteiger partial charge in [0.25, 0.3) is 0 Å². The molecular formula is C22H27FN4O3. The maximum atomic E-state index is 13.2. The number of allylic oxidation sites excluding steroid dienone is 2. The lowest BCUT2D eigenvalue weighted by Gasteiger charge is -2.20. The molecule has 0 radical (unpaired) electrons. The number of guanidine groups is 1. The topological polar surface area (TPSA) is 83.0 Å². The molecule has 2 aliphatic carbocycles. The second kappa shape index (κ2) is 8.45. The molecule has 1 saturated carbocycles. The number of carbonyl (C=O) groups excluding carboxylic acids is 2. The number of halogens is 1. The third-order valence-electron chi connectivity index (χ3n) is 6.10. The second-order valence-electron chi connectivity index (χ2n) is 8.09. The molecule has 1 heterocycles. The van der Waals surface area contributed by atoms with Crippen LogP contribution in [0.1, 0.15) is 13.3 Å². The van der Waals surface area contributed by atoms with E-state index in [4.69, 9.17) is 4.74 Å². The quantitative estimate of drug-likeness (QED) is 0.306. The van der Waals surface area contributed by atoms with Crippen molar-refractivity contribution in [2.75, 3.05) is 26.7 Å². The van der Waals surface area contributed by atoms with Gasteiger partial charge in [-0.3, -0.25) is 19.5 Å². The van der Waals surface area contributed by atoms with Crippen molar-refractivity contribution < 1.29 is 18.7 Å². The Kier molecular flexibility index (Phi) is 5.74. The van der Waals surface area contributed by atoms with Gasteiger partial charge < -0.3 is 15.4 Å². The lowest BCUT2D eigenvalue weighted by Crippen LogP contribution is -2.45. The summed E-state index contributed by atoms with van der Waals surface area (Å²) in [5, 5.41) is 6.27. The fraction of sp³-hybridized carbons (Fsp3) is 0.500. The molecule has 5 atom stereocenters. The van der Waals surface area contributed by atoms with Gasteiger partial charge in [-0.15, -0.1) is 0 Å². The van der Waals surface area contributed by atoms with Crippen molar-refractivity contribution in [2.45, 2.75) is 19.4 Å². The molecule has 1 aliphatic heterocycles. The van der Waals surface area contributed by atoms with Crippen molar-refractivity contribution in [3.8, 4) is 5.75 Å². The first-order valence-corrected chi connectivity index (χ1v) is 10.4. The SMILES string of the molecule is CN=C(NCCN1C(=O)C2C3C=CC(C3)C2C1=O)NCC(C)Oc1cccc(F)c1. The fourth-order valence-electron chi connectivity index (χ4n) is 4.75. The van der Waals surface area contributed by atoms with Crippen LogP contribution < -0.4 is 15.4 Å². The van der Waals surface area contributed by atoms with E-state index in [1.54, 1.807) is 19.2 Å². The molecule has 2 N–H and O–H groups in total. The fourth-order valence-corrected chi connectivity index (χ4v) is 4.75. The zero-order valence-electron chi connectivity index (χ0n) is 17.2. The number of benzene rings is 1. The molecular weight excluding hydrogens is 387 g/mol. The maximum Gasteiger partial charge on any atom is 0.233 e. The molecule has 7 nitrogen and oxygen atoms in total. The second-order valence-corrected chi connectivity index (χ2v) is 8.09. The average molecular weight is 414 g/mol. The number of carbonyl (C=O) groups is 2. The van der Waals surface area contributed by atoms with Gasteiger partial charge in [-0.1, -0.05) is 18.2 Å². The van der Waals surface area contributed by atoms with Crippen LogP contribution in [0.5, 0.6) is 5.75 Å². The first-order valence-electron chi connectivity index (χ1n) is 10.4. The molecule has 3 aliphatic rings. The average Bonchev–Trinajstić information content (AvgIpc) is 3.40. The Labute approximate surface area is 175 Å². The van der Waals surface area contributed by atoms with E-state index in [1.807, 2.05) is 6.92 Å². The van der Waals surface area contributed by atoms with E-state index >= 15 is 0 Å². The molecule has 0 aromatic heterocycles. The van der Waals surface area contributed by atoms with Crippen molar-refractivity contribution in [1.29, 1.82) is 0 Å². The van der Waals surface area contributed by atoms with Crippen LogP contribution in [0.2, 0.25) is 0 Å². The zero-order chi connectivity index (χ0) is 21.3. The molecule has 1 saturated heterocycles.